The summed E-state index contributed by atoms with van der Waals surface area (Å²) in [6, 6.07) is 8.68. The molecule has 0 heterocycles. The van der Waals surface area contributed by atoms with Gasteiger partial charge in [0.1, 0.15) is 0 Å². The minimum absolute atomic E-state index is 0.0418. The molecule has 1 aromatic rings. The number of amides is 1. The summed E-state index contributed by atoms with van der Waals surface area (Å²) in [5.41, 5.74) is 2.68. The first-order chi connectivity index (χ1) is 8.22. The minimum atomic E-state index is 0.0418. The minimum Gasteiger partial charge on any atom is -0.356 e. The zero-order valence-corrected chi connectivity index (χ0v) is 10.8. The standard InChI is InChI=1S/C14H22N2O/c1-3-13-5-7-14(8-6-13)11-15-9-4-10-16-12(2)17/h5-8,15H,3-4,9-11H2,1-2H3,(H,16,17). The van der Waals surface area contributed by atoms with Crippen molar-refractivity contribution in [2.75, 3.05) is 13.1 Å². The second-order valence-electron chi connectivity index (χ2n) is 4.18. The van der Waals surface area contributed by atoms with Crippen molar-refractivity contribution in [1.82, 2.24) is 10.6 Å². The molecule has 0 radical (unpaired) electrons. The Morgan fingerprint density at radius 3 is 2.35 bits per heavy atom. The Kier molecular flexibility index (Phi) is 6.33. The van der Waals surface area contributed by atoms with Gasteiger partial charge in [0.15, 0.2) is 0 Å². The van der Waals surface area contributed by atoms with Gasteiger partial charge < -0.3 is 10.6 Å². The lowest BCUT2D eigenvalue weighted by Gasteiger charge is -2.06. The number of carbonyl (C=O) groups excluding carboxylic acids is 1. The Morgan fingerprint density at radius 2 is 1.76 bits per heavy atom. The van der Waals surface area contributed by atoms with Gasteiger partial charge in [-0.25, -0.2) is 0 Å². The number of hydrogen-bond acceptors (Lipinski definition) is 2. The first kappa shape index (κ1) is 13.7. The topological polar surface area (TPSA) is 41.1 Å². The summed E-state index contributed by atoms with van der Waals surface area (Å²) in [6.07, 6.45) is 2.05. The Hall–Kier alpha value is -1.35. The van der Waals surface area contributed by atoms with Crippen LogP contribution in [-0.4, -0.2) is 19.0 Å². The van der Waals surface area contributed by atoms with E-state index in [1.165, 1.54) is 11.1 Å². The molecule has 1 rings (SSSR count). The first-order valence-electron chi connectivity index (χ1n) is 6.25. The Balaban J connectivity index is 2.11. The SMILES string of the molecule is CCc1ccc(CNCCCNC(C)=O)cc1. The van der Waals surface area contributed by atoms with Crippen molar-refractivity contribution in [1.29, 1.82) is 0 Å². The molecule has 1 aromatic carbocycles. The van der Waals surface area contributed by atoms with E-state index in [0.717, 1.165) is 32.5 Å². The highest BCUT2D eigenvalue weighted by Crippen LogP contribution is 2.04. The van der Waals surface area contributed by atoms with Gasteiger partial charge in [-0.1, -0.05) is 31.2 Å². The summed E-state index contributed by atoms with van der Waals surface area (Å²) in [5.74, 6) is 0.0418. The van der Waals surface area contributed by atoms with Crippen molar-refractivity contribution in [2.45, 2.75) is 33.2 Å². The van der Waals surface area contributed by atoms with Crippen molar-refractivity contribution in [2.24, 2.45) is 0 Å². The summed E-state index contributed by atoms with van der Waals surface area (Å²) in [5, 5.41) is 6.14. The van der Waals surface area contributed by atoms with Crippen LogP contribution in [0, 0.1) is 0 Å². The van der Waals surface area contributed by atoms with Crippen LogP contribution < -0.4 is 10.6 Å². The zero-order valence-electron chi connectivity index (χ0n) is 10.8. The number of nitrogens with one attached hydrogen (secondary N) is 2. The van der Waals surface area contributed by atoms with E-state index in [9.17, 15) is 4.79 Å². The lowest BCUT2D eigenvalue weighted by atomic mass is 10.1. The number of aryl methyl sites for hydroxylation is 1. The molecule has 0 saturated heterocycles. The van der Waals surface area contributed by atoms with E-state index in [-0.39, 0.29) is 5.91 Å². The smallest absolute Gasteiger partial charge is 0.216 e. The van der Waals surface area contributed by atoms with Crippen LogP contribution in [0.1, 0.15) is 31.4 Å². The molecule has 3 heteroatoms. The highest BCUT2D eigenvalue weighted by molar-refractivity contribution is 5.72. The van der Waals surface area contributed by atoms with Crippen LogP contribution in [0.4, 0.5) is 0 Å². The van der Waals surface area contributed by atoms with E-state index in [0.29, 0.717) is 0 Å². The molecule has 0 aliphatic carbocycles. The summed E-state index contributed by atoms with van der Waals surface area (Å²) in [6.45, 7) is 6.27. The van der Waals surface area contributed by atoms with E-state index in [2.05, 4.69) is 41.8 Å². The molecule has 0 aliphatic heterocycles. The second kappa shape index (κ2) is 7.85. The molecule has 0 aliphatic rings. The lowest BCUT2D eigenvalue weighted by molar-refractivity contribution is -0.118. The molecule has 0 spiro atoms. The van der Waals surface area contributed by atoms with Crippen molar-refractivity contribution in [3.63, 3.8) is 0 Å². The van der Waals surface area contributed by atoms with Crippen LogP contribution in [0.2, 0.25) is 0 Å². The third kappa shape index (κ3) is 6.07. The van der Waals surface area contributed by atoms with E-state index in [1.807, 2.05) is 0 Å². The zero-order chi connectivity index (χ0) is 12.5. The summed E-state index contributed by atoms with van der Waals surface area (Å²) in [4.78, 5) is 10.6. The van der Waals surface area contributed by atoms with Crippen LogP contribution >= 0.6 is 0 Å². The fraction of sp³-hybridized carbons (Fsp3) is 0.500. The average molecular weight is 234 g/mol. The molecule has 0 unspecified atom stereocenters. The van der Waals surface area contributed by atoms with Gasteiger partial charge in [-0.2, -0.15) is 0 Å². The molecule has 94 valence electrons. The van der Waals surface area contributed by atoms with E-state index < -0.39 is 0 Å². The van der Waals surface area contributed by atoms with Gasteiger partial charge in [-0.05, 0) is 30.5 Å². The second-order valence-corrected chi connectivity index (χ2v) is 4.18. The van der Waals surface area contributed by atoms with Gasteiger partial charge in [0.2, 0.25) is 5.91 Å². The molecule has 0 aromatic heterocycles. The molecule has 0 saturated carbocycles. The Morgan fingerprint density at radius 1 is 1.12 bits per heavy atom. The van der Waals surface area contributed by atoms with Crippen molar-refractivity contribution >= 4 is 5.91 Å². The van der Waals surface area contributed by atoms with Crippen molar-refractivity contribution in [3.8, 4) is 0 Å². The number of benzene rings is 1. The maximum absolute atomic E-state index is 10.6. The Labute approximate surface area is 104 Å². The highest BCUT2D eigenvalue weighted by atomic mass is 16.1. The third-order valence-electron chi connectivity index (χ3n) is 2.66. The molecular formula is C14H22N2O. The van der Waals surface area contributed by atoms with Gasteiger partial charge in [0.25, 0.3) is 0 Å². The van der Waals surface area contributed by atoms with Crippen LogP contribution in [0.5, 0.6) is 0 Å². The molecule has 0 fully saturated rings. The average Bonchev–Trinajstić information content (AvgIpc) is 2.34. The maximum Gasteiger partial charge on any atom is 0.216 e. The van der Waals surface area contributed by atoms with E-state index in [4.69, 9.17) is 0 Å². The van der Waals surface area contributed by atoms with Gasteiger partial charge >= 0.3 is 0 Å². The fourth-order valence-electron chi connectivity index (χ4n) is 1.60. The van der Waals surface area contributed by atoms with Gasteiger partial charge in [-0.15, -0.1) is 0 Å². The molecule has 2 N–H and O–H groups in total. The molecule has 0 atom stereocenters. The van der Waals surface area contributed by atoms with Crippen LogP contribution in [0.15, 0.2) is 24.3 Å². The van der Waals surface area contributed by atoms with Gasteiger partial charge in [-0.3, -0.25) is 4.79 Å². The summed E-state index contributed by atoms with van der Waals surface area (Å²) in [7, 11) is 0. The van der Waals surface area contributed by atoms with E-state index >= 15 is 0 Å². The summed E-state index contributed by atoms with van der Waals surface area (Å²) >= 11 is 0. The molecule has 0 bridgehead atoms. The number of rotatable bonds is 7. The normalized spacial score (nSPS) is 10.2. The quantitative estimate of drug-likeness (QED) is 0.707. The van der Waals surface area contributed by atoms with Crippen LogP contribution in [-0.2, 0) is 17.8 Å². The third-order valence-corrected chi connectivity index (χ3v) is 2.66. The number of hydrogen-bond donors (Lipinski definition) is 2. The van der Waals surface area contributed by atoms with Crippen molar-refractivity contribution in [3.05, 3.63) is 35.4 Å². The van der Waals surface area contributed by atoms with Crippen molar-refractivity contribution < 1.29 is 4.79 Å². The van der Waals surface area contributed by atoms with Gasteiger partial charge in [0.05, 0.1) is 0 Å². The van der Waals surface area contributed by atoms with E-state index in [1.54, 1.807) is 6.92 Å². The van der Waals surface area contributed by atoms with Crippen LogP contribution in [0.25, 0.3) is 0 Å². The highest BCUT2D eigenvalue weighted by Gasteiger charge is 1.94. The predicted octanol–water partition coefficient (Wildman–Crippen LogP) is 1.86. The predicted molar refractivity (Wildman–Crippen MR) is 70.8 cm³/mol. The molecule has 3 nitrogen and oxygen atoms in total. The van der Waals surface area contributed by atoms with Gasteiger partial charge in [0, 0.05) is 20.0 Å². The largest absolute Gasteiger partial charge is 0.356 e. The monoisotopic (exact) mass is 234 g/mol. The number of carbonyl (C=O) groups is 1. The summed E-state index contributed by atoms with van der Waals surface area (Å²) < 4.78 is 0. The Bertz CT molecular complexity index is 333. The molecular weight excluding hydrogens is 212 g/mol. The lowest BCUT2D eigenvalue weighted by Crippen LogP contribution is -2.24. The fourth-order valence-corrected chi connectivity index (χ4v) is 1.60. The molecule has 17 heavy (non-hydrogen) atoms. The molecule has 1 amide bonds. The first-order valence-corrected chi connectivity index (χ1v) is 6.25. The van der Waals surface area contributed by atoms with Crippen LogP contribution in [0.3, 0.4) is 0 Å². The maximum atomic E-state index is 10.6.